The van der Waals surface area contributed by atoms with Gasteiger partial charge < -0.3 is 11.5 Å². The molecule has 4 heteroatoms. The van der Waals surface area contributed by atoms with Crippen molar-refractivity contribution in [1.29, 1.82) is 0 Å². The van der Waals surface area contributed by atoms with Gasteiger partial charge in [0.15, 0.2) is 0 Å². The minimum Gasteiger partial charge on any atom is -0.397 e. The molecule has 2 heterocycles. The quantitative estimate of drug-likeness (QED) is 0.451. The van der Waals surface area contributed by atoms with Crippen LogP contribution in [0, 0.1) is 0 Å². The highest BCUT2D eigenvalue weighted by atomic mass is 32.1. The highest BCUT2D eigenvalue weighted by Crippen LogP contribution is 2.41. The SMILES string of the molecule is Nc1c(N)c2ccsc2c2sccc12. The molecular weight excluding hydrogens is 212 g/mol. The maximum atomic E-state index is 5.97. The van der Waals surface area contributed by atoms with Crippen molar-refractivity contribution in [2.24, 2.45) is 0 Å². The second-order valence-corrected chi connectivity index (χ2v) is 4.99. The minimum atomic E-state index is 0.715. The molecule has 0 unspecified atom stereocenters. The van der Waals surface area contributed by atoms with E-state index in [1.165, 1.54) is 9.40 Å². The molecule has 14 heavy (non-hydrogen) atoms. The first-order valence-corrected chi connectivity index (χ1v) is 5.96. The summed E-state index contributed by atoms with van der Waals surface area (Å²) < 4.78 is 2.50. The fraction of sp³-hybridized carbons (Fsp3) is 0. The molecule has 3 aromatic rings. The number of anilines is 2. The van der Waals surface area contributed by atoms with Crippen LogP contribution in [0.15, 0.2) is 22.9 Å². The lowest BCUT2D eigenvalue weighted by Gasteiger charge is -2.03. The van der Waals surface area contributed by atoms with Crippen molar-refractivity contribution in [3.8, 4) is 0 Å². The Bertz CT molecular complexity index is 566. The average Bonchev–Trinajstić information content (AvgIpc) is 2.80. The number of fused-ring (bicyclic) bond motifs is 3. The van der Waals surface area contributed by atoms with Crippen LogP contribution in [0.2, 0.25) is 0 Å². The summed E-state index contributed by atoms with van der Waals surface area (Å²) >= 11 is 3.44. The van der Waals surface area contributed by atoms with E-state index in [0.717, 1.165) is 10.8 Å². The maximum Gasteiger partial charge on any atom is 0.0643 e. The molecule has 1 aromatic carbocycles. The zero-order valence-electron chi connectivity index (χ0n) is 7.28. The molecule has 70 valence electrons. The Morgan fingerprint density at radius 2 is 1.21 bits per heavy atom. The molecule has 0 fully saturated rings. The smallest absolute Gasteiger partial charge is 0.0643 e. The number of hydrogen-bond acceptors (Lipinski definition) is 4. The second kappa shape index (κ2) is 2.62. The highest BCUT2D eigenvalue weighted by Gasteiger charge is 2.11. The lowest BCUT2D eigenvalue weighted by atomic mass is 10.1. The van der Waals surface area contributed by atoms with E-state index in [2.05, 4.69) is 10.8 Å². The number of nitrogens with two attached hydrogens (primary N) is 2. The molecule has 2 nitrogen and oxygen atoms in total. The molecule has 2 aromatic heterocycles. The molecule has 0 spiro atoms. The van der Waals surface area contributed by atoms with Crippen LogP contribution in [0.4, 0.5) is 11.4 Å². The van der Waals surface area contributed by atoms with Gasteiger partial charge in [-0.3, -0.25) is 0 Å². The number of benzene rings is 1. The van der Waals surface area contributed by atoms with Crippen molar-refractivity contribution < 1.29 is 0 Å². The van der Waals surface area contributed by atoms with Gasteiger partial charge in [0.2, 0.25) is 0 Å². The molecule has 4 N–H and O–H groups in total. The standard InChI is InChI=1S/C10H8N2S2/c11-7-5-1-3-13-9(5)10-6(8(7)12)2-4-14-10/h1-4H,11-12H2. The molecule has 3 rings (SSSR count). The van der Waals surface area contributed by atoms with E-state index < -0.39 is 0 Å². The predicted molar refractivity (Wildman–Crippen MR) is 66.0 cm³/mol. The van der Waals surface area contributed by atoms with Gasteiger partial charge in [-0.15, -0.1) is 22.7 Å². The van der Waals surface area contributed by atoms with Gasteiger partial charge in [0.25, 0.3) is 0 Å². The summed E-state index contributed by atoms with van der Waals surface area (Å²) in [5, 5.41) is 6.28. The van der Waals surface area contributed by atoms with E-state index in [4.69, 9.17) is 11.5 Å². The van der Waals surface area contributed by atoms with Crippen molar-refractivity contribution >= 4 is 54.2 Å². The first kappa shape index (κ1) is 8.08. The molecule has 0 amide bonds. The summed E-state index contributed by atoms with van der Waals surface area (Å²) in [6, 6.07) is 4.07. The van der Waals surface area contributed by atoms with Crippen LogP contribution in [-0.2, 0) is 0 Å². The molecule has 0 radical (unpaired) electrons. The van der Waals surface area contributed by atoms with Gasteiger partial charge >= 0.3 is 0 Å². The fourth-order valence-electron chi connectivity index (χ4n) is 1.68. The van der Waals surface area contributed by atoms with Crippen molar-refractivity contribution in [1.82, 2.24) is 0 Å². The van der Waals surface area contributed by atoms with Crippen LogP contribution in [0.3, 0.4) is 0 Å². The zero-order chi connectivity index (χ0) is 9.71. The summed E-state index contributed by atoms with van der Waals surface area (Å²) in [6.45, 7) is 0. The number of rotatable bonds is 0. The molecule has 0 saturated heterocycles. The normalized spacial score (nSPS) is 11.4. The second-order valence-electron chi connectivity index (χ2n) is 3.15. The Labute approximate surface area is 88.8 Å². The minimum absolute atomic E-state index is 0.715. The zero-order valence-corrected chi connectivity index (χ0v) is 8.91. The van der Waals surface area contributed by atoms with E-state index in [0.29, 0.717) is 11.4 Å². The van der Waals surface area contributed by atoms with Gasteiger partial charge in [-0.05, 0) is 22.9 Å². The number of nitrogen functional groups attached to an aromatic ring is 2. The van der Waals surface area contributed by atoms with Crippen molar-refractivity contribution in [3.63, 3.8) is 0 Å². The Kier molecular flexibility index (Phi) is 1.51. The monoisotopic (exact) mass is 220 g/mol. The topological polar surface area (TPSA) is 52.0 Å². The maximum absolute atomic E-state index is 5.97. The van der Waals surface area contributed by atoms with E-state index in [1.54, 1.807) is 22.7 Å². The third-order valence-electron chi connectivity index (χ3n) is 2.41. The average molecular weight is 220 g/mol. The molecule has 0 aliphatic rings. The Balaban J connectivity index is 2.73. The first-order chi connectivity index (χ1) is 6.79. The van der Waals surface area contributed by atoms with E-state index in [1.807, 2.05) is 12.1 Å². The molecular formula is C10H8N2S2. The molecule has 0 aliphatic heterocycles. The molecule has 0 saturated carbocycles. The summed E-state index contributed by atoms with van der Waals surface area (Å²) in [5.41, 5.74) is 13.4. The third kappa shape index (κ3) is 0.844. The number of thiophene rings is 2. The fourth-order valence-corrected chi connectivity index (χ4v) is 3.70. The van der Waals surface area contributed by atoms with Crippen molar-refractivity contribution in [2.75, 3.05) is 11.5 Å². The summed E-state index contributed by atoms with van der Waals surface area (Å²) in [7, 11) is 0. The van der Waals surface area contributed by atoms with Crippen LogP contribution in [0.5, 0.6) is 0 Å². The largest absolute Gasteiger partial charge is 0.397 e. The van der Waals surface area contributed by atoms with Crippen LogP contribution >= 0.6 is 22.7 Å². The van der Waals surface area contributed by atoms with E-state index in [-0.39, 0.29) is 0 Å². The van der Waals surface area contributed by atoms with E-state index >= 15 is 0 Å². The van der Waals surface area contributed by atoms with Gasteiger partial charge in [0.05, 0.1) is 20.8 Å². The van der Waals surface area contributed by atoms with Crippen LogP contribution < -0.4 is 11.5 Å². The predicted octanol–water partition coefficient (Wildman–Crippen LogP) is 3.28. The Morgan fingerprint density at radius 1 is 0.786 bits per heavy atom. The Hall–Kier alpha value is -1.26. The van der Waals surface area contributed by atoms with Gasteiger partial charge in [-0.2, -0.15) is 0 Å². The van der Waals surface area contributed by atoms with Gasteiger partial charge in [0.1, 0.15) is 0 Å². The molecule has 0 atom stereocenters. The van der Waals surface area contributed by atoms with Crippen molar-refractivity contribution in [2.45, 2.75) is 0 Å². The highest BCUT2D eigenvalue weighted by molar-refractivity contribution is 7.25. The summed E-state index contributed by atoms with van der Waals surface area (Å²) in [4.78, 5) is 0. The van der Waals surface area contributed by atoms with Crippen LogP contribution in [0.1, 0.15) is 0 Å². The molecule has 0 aliphatic carbocycles. The van der Waals surface area contributed by atoms with Crippen molar-refractivity contribution in [3.05, 3.63) is 22.9 Å². The van der Waals surface area contributed by atoms with E-state index in [9.17, 15) is 0 Å². The third-order valence-corrected chi connectivity index (χ3v) is 4.40. The van der Waals surface area contributed by atoms with Gasteiger partial charge in [0, 0.05) is 10.8 Å². The lowest BCUT2D eigenvalue weighted by Crippen LogP contribution is -1.94. The summed E-state index contributed by atoms with van der Waals surface area (Å²) in [6.07, 6.45) is 0. The van der Waals surface area contributed by atoms with Gasteiger partial charge in [-0.1, -0.05) is 0 Å². The van der Waals surface area contributed by atoms with Crippen LogP contribution in [0.25, 0.3) is 20.2 Å². The lowest BCUT2D eigenvalue weighted by molar-refractivity contribution is 1.82. The Morgan fingerprint density at radius 3 is 1.64 bits per heavy atom. The number of hydrogen-bond donors (Lipinski definition) is 2. The first-order valence-electron chi connectivity index (χ1n) is 4.20. The van der Waals surface area contributed by atoms with Crippen LogP contribution in [-0.4, -0.2) is 0 Å². The van der Waals surface area contributed by atoms with Gasteiger partial charge in [-0.25, -0.2) is 0 Å². The molecule has 0 bridgehead atoms. The summed E-state index contributed by atoms with van der Waals surface area (Å²) in [5.74, 6) is 0.